The first-order chi connectivity index (χ1) is 11.0. The van der Waals surface area contributed by atoms with Crippen molar-refractivity contribution in [1.29, 1.82) is 0 Å². The normalized spacial score (nSPS) is 12.2. The Morgan fingerprint density at radius 3 is 2.74 bits per heavy atom. The highest BCUT2D eigenvalue weighted by atomic mass is 32.1. The molecule has 23 heavy (non-hydrogen) atoms. The predicted octanol–water partition coefficient (Wildman–Crippen LogP) is 2.33. The number of nitrogens with one attached hydrogen (secondary N) is 2. The summed E-state index contributed by atoms with van der Waals surface area (Å²) in [6, 6.07) is 4.21. The van der Waals surface area contributed by atoms with Gasteiger partial charge in [0.25, 0.3) is 0 Å². The van der Waals surface area contributed by atoms with Gasteiger partial charge in [0.15, 0.2) is 5.11 Å². The van der Waals surface area contributed by atoms with Crippen molar-refractivity contribution < 1.29 is 0 Å². The van der Waals surface area contributed by atoms with Gasteiger partial charge >= 0.3 is 0 Å². The Balaban J connectivity index is 1.69. The molecular weight excluding hydrogens is 308 g/mol. The van der Waals surface area contributed by atoms with E-state index in [4.69, 9.17) is 12.2 Å². The van der Waals surface area contributed by atoms with Gasteiger partial charge in [-0.1, -0.05) is 0 Å². The van der Waals surface area contributed by atoms with Crippen LogP contribution in [0.5, 0.6) is 0 Å². The van der Waals surface area contributed by atoms with Crippen LogP contribution in [0.1, 0.15) is 43.4 Å². The molecule has 0 bridgehead atoms. The summed E-state index contributed by atoms with van der Waals surface area (Å²) in [5.74, 6) is 0. The van der Waals surface area contributed by atoms with E-state index in [-0.39, 0.29) is 6.04 Å². The van der Waals surface area contributed by atoms with Crippen LogP contribution < -0.4 is 10.6 Å². The third-order valence-electron chi connectivity index (χ3n) is 3.71. The highest BCUT2D eigenvalue weighted by molar-refractivity contribution is 7.80. The van der Waals surface area contributed by atoms with Crippen LogP contribution in [0.3, 0.4) is 0 Å². The fourth-order valence-electron chi connectivity index (χ4n) is 2.44. The van der Waals surface area contributed by atoms with E-state index in [9.17, 15) is 0 Å². The Morgan fingerprint density at radius 1 is 1.35 bits per heavy atom. The molecule has 0 spiro atoms. The molecule has 1 unspecified atom stereocenters. The summed E-state index contributed by atoms with van der Waals surface area (Å²) in [6.07, 6.45) is 2.96. The number of thiocarbonyl (C=S) groups is 1. The number of hydrogen-bond donors (Lipinski definition) is 2. The van der Waals surface area contributed by atoms with Gasteiger partial charge in [0, 0.05) is 31.5 Å². The van der Waals surface area contributed by atoms with Crippen molar-refractivity contribution in [2.45, 2.75) is 53.2 Å². The van der Waals surface area contributed by atoms with Gasteiger partial charge in [-0.25, -0.2) is 0 Å². The Kier molecular flexibility index (Phi) is 6.15. The molecule has 0 saturated carbocycles. The Morgan fingerprint density at radius 2 is 2.13 bits per heavy atom. The zero-order valence-electron chi connectivity index (χ0n) is 14.3. The van der Waals surface area contributed by atoms with Crippen molar-refractivity contribution in [2.24, 2.45) is 0 Å². The molecule has 2 N–H and O–H groups in total. The van der Waals surface area contributed by atoms with Crippen LogP contribution in [0.2, 0.25) is 0 Å². The van der Waals surface area contributed by atoms with Crippen molar-refractivity contribution in [3.05, 3.63) is 35.4 Å². The smallest absolute Gasteiger partial charge is 0.166 e. The van der Waals surface area contributed by atoms with Crippen LogP contribution in [0, 0.1) is 13.8 Å². The number of rotatable bonds is 7. The first kappa shape index (κ1) is 17.5. The molecule has 1 atom stereocenters. The maximum absolute atomic E-state index is 5.35. The number of aryl methyl sites for hydroxylation is 4. The van der Waals surface area contributed by atoms with E-state index in [0.29, 0.717) is 5.11 Å². The minimum Gasteiger partial charge on any atom is -0.363 e. The lowest BCUT2D eigenvalue weighted by molar-refractivity contribution is 0.553. The van der Waals surface area contributed by atoms with Gasteiger partial charge in [0.05, 0.1) is 17.4 Å². The molecule has 0 fully saturated rings. The molecule has 2 aromatic rings. The molecule has 0 aliphatic carbocycles. The lowest BCUT2D eigenvalue weighted by Gasteiger charge is -2.15. The van der Waals surface area contributed by atoms with Crippen molar-refractivity contribution in [3.63, 3.8) is 0 Å². The van der Waals surface area contributed by atoms with E-state index in [2.05, 4.69) is 47.7 Å². The average Bonchev–Trinajstić information content (AvgIpc) is 3.10. The van der Waals surface area contributed by atoms with E-state index >= 15 is 0 Å². The van der Waals surface area contributed by atoms with E-state index in [0.717, 1.165) is 37.4 Å². The molecule has 2 rings (SSSR count). The Labute approximate surface area is 143 Å². The molecule has 0 aromatic carbocycles. The number of hydrogen-bond acceptors (Lipinski definition) is 3. The van der Waals surface area contributed by atoms with Gasteiger partial charge in [-0.3, -0.25) is 9.36 Å². The molecule has 0 aliphatic heterocycles. The van der Waals surface area contributed by atoms with Crippen molar-refractivity contribution in [3.8, 4) is 0 Å². The number of nitrogens with zero attached hydrogens (tertiary/aromatic N) is 4. The minimum absolute atomic E-state index is 0.0961. The predicted molar refractivity (Wildman–Crippen MR) is 96.4 cm³/mol. The molecule has 126 valence electrons. The topological polar surface area (TPSA) is 59.7 Å². The van der Waals surface area contributed by atoms with Gasteiger partial charge in [0.1, 0.15) is 0 Å². The Hall–Kier alpha value is -1.89. The summed E-state index contributed by atoms with van der Waals surface area (Å²) < 4.78 is 3.95. The van der Waals surface area contributed by atoms with Crippen molar-refractivity contribution in [2.75, 3.05) is 6.54 Å². The molecule has 2 aromatic heterocycles. The molecule has 0 aliphatic rings. The lowest BCUT2D eigenvalue weighted by atomic mass is 10.2. The highest BCUT2D eigenvalue weighted by Gasteiger charge is 2.09. The fraction of sp³-hybridized carbons (Fsp3) is 0.562. The minimum atomic E-state index is 0.0961. The standard InChI is InChI=1S/C16H26N6S/c1-5-21-10-7-15(20-21)14(4)18-16(23)17-8-6-9-22-13(3)11-12(2)19-22/h7,10-11,14H,5-6,8-9H2,1-4H3,(H2,17,18,23). The molecule has 0 amide bonds. The fourth-order valence-corrected chi connectivity index (χ4v) is 2.72. The molecular formula is C16H26N6S. The van der Waals surface area contributed by atoms with Crippen LogP contribution in [0.4, 0.5) is 0 Å². The first-order valence-corrected chi connectivity index (χ1v) is 8.49. The maximum atomic E-state index is 5.35. The quantitative estimate of drug-likeness (QED) is 0.601. The monoisotopic (exact) mass is 334 g/mol. The Bertz CT molecular complexity index is 645. The summed E-state index contributed by atoms with van der Waals surface area (Å²) in [5.41, 5.74) is 3.26. The van der Waals surface area contributed by atoms with E-state index in [1.807, 2.05) is 28.6 Å². The summed E-state index contributed by atoms with van der Waals surface area (Å²) in [5, 5.41) is 16.1. The zero-order chi connectivity index (χ0) is 16.8. The van der Waals surface area contributed by atoms with Crippen LogP contribution in [0.15, 0.2) is 18.3 Å². The highest BCUT2D eigenvalue weighted by Crippen LogP contribution is 2.08. The third-order valence-corrected chi connectivity index (χ3v) is 3.97. The first-order valence-electron chi connectivity index (χ1n) is 8.08. The molecule has 0 radical (unpaired) electrons. The third kappa shape index (κ3) is 5.06. The van der Waals surface area contributed by atoms with Crippen molar-refractivity contribution >= 4 is 17.3 Å². The maximum Gasteiger partial charge on any atom is 0.166 e. The van der Waals surface area contributed by atoms with E-state index < -0.39 is 0 Å². The molecule has 6 nitrogen and oxygen atoms in total. The zero-order valence-corrected chi connectivity index (χ0v) is 15.2. The van der Waals surface area contributed by atoms with E-state index in [1.54, 1.807) is 0 Å². The summed E-state index contributed by atoms with van der Waals surface area (Å²) >= 11 is 5.35. The summed E-state index contributed by atoms with van der Waals surface area (Å²) in [6.45, 7) is 10.8. The molecule has 0 saturated heterocycles. The molecule has 2 heterocycles. The van der Waals surface area contributed by atoms with Gasteiger partial charge in [-0.2, -0.15) is 10.2 Å². The second kappa shape index (κ2) is 8.10. The number of aromatic nitrogens is 4. The van der Waals surface area contributed by atoms with Crippen LogP contribution in [-0.2, 0) is 13.1 Å². The largest absolute Gasteiger partial charge is 0.363 e. The van der Waals surface area contributed by atoms with Crippen LogP contribution in [0.25, 0.3) is 0 Å². The van der Waals surface area contributed by atoms with Crippen LogP contribution in [-0.4, -0.2) is 31.2 Å². The van der Waals surface area contributed by atoms with Gasteiger partial charge in [-0.05, 0) is 58.5 Å². The average molecular weight is 334 g/mol. The van der Waals surface area contributed by atoms with E-state index in [1.165, 1.54) is 5.69 Å². The lowest BCUT2D eigenvalue weighted by Crippen LogP contribution is -2.37. The van der Waals surface area contributed by atoms with Gasteiger partial charge < -0.3 is 10.6 Å². The summed E-state index contributed by atoms with van der Waals surface area (Å²) in [7, 11) is 0. The second-order valence-corrected chi connectivity index (χ2v) is 6.13. The van der Waals surface area contributed by atoms with Gasteiger partial charge in [-0.15, -0.1) is 0 Å². The second-order valence-electron chi connectivity index (χ2n) is 5.72. The van der Waals surface area contributed by atoms with Gasteiger partial charge in [0.2, 0.25) is 0 Å². The molecule has 7 heteroatoms. The summed E-state index contributed by atoms with van der Waals surface area (Å²) in [4.78, 5) is 0. The SMILES string of the molecule is CCn1ccc(C(C)NC(=S)NCCCn2nc(C)cc2C)n1. The van der Waals surface area contributed by atoms with Crippen LogP contribution >= 0.6 is 12.2 Å². The van der Waals surface area contributed by atoms with Crippen molar-refractivity contribution in [1.82, 2.24) is 30.2 Å².